The lowest BCUT2D eigenvalue weighted by Crippen LogP contribution is -2.31. The van der Waals surface area contributed by atoms with Crippen LogP contribution in [0, 0.1) is 19.8 Å². The van der Waals surface area contributed by atoms with Crippen LogP contribution in [0.25, 0.3) is 44.6 Å². The lowest BCUT2D eigenvalue weighted by Gasteiger charge is -2.18. The molecule has 296 valence electrons. The number of alkyl halides is 3. The number of rotatable bonds is 10. The number of fused-ring (bicyclic) bond motifs is 2. The molecular formula is C42H43F3N8O4. The minimum absolute atomic E-state index is 0.00231. The van der Waals surface area contributed by atoms with E-state index in [9.17, 15) is 28.2 Å². The van der Waals surface area contributed by atoms with Crippen molar-refractivity contribution in [3.63, 3.8) is 0 Å². The number of aromatic nitrogens is 4. The van der Waals surface area contributed by atoms with Crippen molar-refractivity contribution in [2.45, 2.75) is 52.1 Å². The number of anilines is 2. The Morgan fingerprint density at radius 2 is 1.72 bits per heavy atom. The first-order valence-electron chi connectivity index (χ1n) is 19.0. The Labute approximate surface area is 326 Å². The summed E-state index contributed by atoms with van der Waals surface area (Å²) in [5, 5.41) is 23.8. The molecule has 0 bridgehead atoms. The first-order valence-corrected chi connectivity index (χ1v) is 19.0. The second-order valence-electron chi connectivity index (χ2n) is 14.9. The van der Waals surface area contributed by atoms with Crippen molar-refractivity contribution in [2.24, 2.45) is 10.9 Å². The fourth-order valence-corrected chi connectivity index (χ4v) is 8.12. The molecule has 57 heavy (non-hydrogen) atoms. The average molecular weight is 781 g/mol. The van der Waals surface area contributed by atoms with Gasteiger partial charge < -0.3 is 29.4 Å². The maximum Gasteiger partial charge on any atom is 0.421 e. The Balaban J connectivity index is 1.10. The van der Waals surface area contributed by atoms with Gasteiger partial charge in [0.1, 0.15) is 11.1 Å². The summed E-state index contributed by atoms with van der Waals surface area (Å²) in [6.07, 6.45) is 0.857. The number of aliphatic hydroxyl groups is 1. The summed E-state index contributed by atoms with van der Waals surface area (Å²) >= 11 is 0. The van der Waals surface area contributed by atoms with Gasteiger partial charge in [-0.15, -0.1) is 0 Å². The topological polar surface area (TPSA) is 145 Å². The molecule has 2 aliphatic rings. The van der Waals surface area contributed by atoms with Crippen molar-refractivity contribution >= 4 is 39.5 Å². The van der Waals surface area contributed by atoms with Crippen molar-refractivity contribution in [3.8, 4) is 22.6 Å². The first-order chi connectivity index (χ1) is 27.4. The van der Waals surface area contributed by atoms with Crippen molar-refractivity contribution < 1.29 is 32.6 Å². The molecular weight excluding hydrogens is 738 g/mol. The van der Waals surface area contributed by atoms with E-state index in [0.717, 1.165) is 63.6 Å². The van der Waals surface area contributed by atoms with E-state index < -0.39 is 29.2 Å². The Morgan fingerprint density at radius 3 is 2.44 bits per heavy atom. The molecule has 0 saturated carbocycles. The van der Waals surface area contributed by atoms with E-state index in [1.54, 1.807) is 12.3 Å². The molecule has 2 atom stereocenters. The molecule has 6 aromatic rings. The van der Waals surface area contributed by atoms with E-state index in [-0.39, 0.29) is 29.5 Å². The van der Waals surface area contributed by atoms with Crippen molar-refractivity contribution in [1.82, 2.24) is 29.3 Å². The Hall–Kier alpha value is -5.64. The van der Waals surface area contributed by atoms with Gasteiger partial charge in [0.25, 0.3) is 0 Å². The third kappa shape index (κ3) is 7.62. The van der Waals surface area contributed by atoms with Crippen LogP contribution in [0.3, 0.4) is 0 Å². The van der Waals surface area contributed by atoms with Crippen molar-refractivity contribution in [2.75, 3.05) is 45.1 Å². The van der Waals surface area contributed by atoms with Crippen LogP contribution in [0.5, 0.6) is 0 Å². The van der Waals surface area contributed by atoms with Gasteiger partial charge in [-0.2, -0.15) is 13.2 Å². The number of oxazole rings is 1. The van der Waals surface area contributed by atoms with E-state index >= 15 is 0 Å². The van der Waals surface area contributed by atoms with Gasteiger partial charge in [0.05, 0.1) is 12.0 Å². The molecule has 0 unspecified atom stereocenters. The predicted molar refractivity (Wildman–Crippen MR) is 210 cm³/mol. The fraction of sp³-hybridized carbons (Fsp3) is 0.357. The molecule has 2 saturated heterocycles. The van der Waals surface area contributed by atoms with Crippen LogP contribution in [0.1, 0.15) is 35.1 Å². The summed E-state index contributed by atoms with van der Waals surface area (Å²) in [6, 6.07) is 15.5. The maximum atomic E-state index is 14.6. The zero-order valence-corrected chi connectivity index (χ0v) is 31.8. The van der Waals surface area contributed by atoms with Gasteiger partial charge >= 0.3 is 12.1 Å². The Kier molecular flexibility index (Phi) is 10.3. The van der Waals surface area contributed by atoms with Gasteiger partial charge in [-0.25, -0.2) is 9.97 Å². The van der Waals surface area contributed by atoms with Crippen molar-refractivity contribution in [3.05, 3.63) is 94.9 Å². The number of aliphatic hydroxyl groups excluding tert-OH is 1. The number of nitrogens with one attached hydrogen (secondary N) is 1. The van der Waals surface area contributed by atoms with Crippen LogP contribution >= 0.6 is 0 Å². The monoisotopic (exact) mass is 780 g/mol. The molecule has 0 aliphatic carbocycles. The fourth-order valence-electron chi connectivity index (χ4n) is 8.12. The third-order valence-corrected chi connectivity index (χ3v) is 11.2. The summed E-state index contributed by atoms with van der Waals surface area (Å²) in [5.41, 5.74) is 5.48. The largest absolute Gasteiger partial charge is 0.481 e. The molecule has 2 aliphatic heterocycles. The van der Waals surface area contributed by atoms with Gasteiger partial charge in [0.15, 0.2) is 22.4 Å². The highest BCUT2D eigenvalue weighted by molar-refractivity contribution is 5.91. The zero-order chi connectivity index (χ0) is 40.0. The second kappa shape index (κ2) is 15.4. The minimum Gasteiger partial charge on any atom is -0.481 e. The van der Waals surface area contributed by atoms with Gasteiger partial charge in [-0.05, 0) is 85.3 Å². The molecule has 6 heterocycles. The van der Waals surface area contributed by atoms with E-state index in [4.69, 9.17) is 9.40 Å². The number of aliphatic carboxylic acids is 1. The Morgan fingerprint density at radius 1 is 0.965 bits per heavy atom. The number of nitrogens with zero attached hydrogens (tertiary/aromatic N) is 7. The molecule has 0 radical (unpaired) electrons. The SMILES string of the molecule is C/N=c1/c2nc(-c3cccc(-c4cccc(Nc5nccc6cc(CN7CC[C@@H](O)C7)cnc56)c4C)c3C)oc2c(C(F)(F)F)cn1CCN1CC[C@@H](C(=O)O)C1. The highest BCUT2D eigenvalue weighted by Crippen LogP contribution is 2.39. The number of carbonyl (C=O) groups is 1. The quantitative estimate of drug-likeness (QED) is 0.136. The van der Waals surface area contributed by atoms with Crippen LogP contribution in [0.4, 0.5) is 24.7 Å². The standard InChI is InChI=1S/C42H43F3N8O4/c1-24-30(31-7-5-9-34(25(31)2)49-38-35-27(10-13-47-38)18-26(19-48-35)20-52-15-12-29(54)22-52)6-4-8-32(24)40-50-36-37(57-40)33(42(43,44)45)23-53(39(36)46-3)17-16-51-14-11-28(21-51)41(55)56/h4-10,13,18-19,23,28-29,54H,11-12,14-17,20-22H2,1-3H3,(H,47,49)(H,55,56)/b46-39-/t28-,29-/m1/s1. The third-order valence-electron chi connectivity index (χ3n) is 11.2. The van der Waals surface area contributed by atoms with Gasteiger partial charge in [-0.1, -0.05) is 24.3 Å². The first kappa shape index (κ1) is 38.2. The summed E-state index contributed by atoms with van der Waals surface area (Å²) in [6.45, 7) is 7.53. The molecule has 2 aromatic carbocycles. The molecule has 0 spiro atoms. The van der Waals surface area contributed by atoms with Crippen LogP contribution in [-0.4, -0.2) is 91.4 Å². The predicted octanol–water partition coefficient (Wildman–Crippen LogP) is 6.79. The summed E-state index contributed by atoms with van der Waals surface area (Å²) in [5.74, 6) is -0.717. The summed E-state index contributed by atoms with van der Waals surface area (Å²) in [4.78, 5) is 34.0. The molecule has 15 heteroatoms. The van der Waals surface area contributed by atoms with Crippen LogP contribution in [-0.2, 0) is 24.1 Å². The lowest BCUT2D eigenvalue weighted by atomic mass is 9.93. The van der Waals surface area contributed by atoms with E-state index in [2.05, 4.69) is 31.2 Å². The van der Waals surface area contributed by atoms with E-state index in [1.165, 1.54) is 11.6 Å². The molecule has 12 nitrogen and oxygen atoms in total. The maximum absolute atomic E-state index is 14.6. The summed E-state index contributed by atoms with van der Waals surface area (Å²) in [7, 11) is 1.50. The smallest absolute Gasteiger partial charge is 0.421 e. The van der Waals surface area contributed by atoms with Crippen molar-refractivity contribution in [1.29, 1.82) is 0 Å². The number of hydrogen-bond acceptors (Lipinski definition) is 10. The Bertz CT molecular complexity index is 2570. The number of likely N-dealkylation sites (tertiary alicyclic amines) is 2. The van der Waals surface area contributed by atoms with Gasteiger partial charge in [-0.3, -0.25) is 19.7 Å². The number of hydrogen-bond donors (Lipinski definition) is 3. The van der Waals surface area contributed by atoms with Gasteiger partial charge in [0, 0.05) is 81.5 Å². The molecule has 0 amide bonds. The van der Waals surface area contributed by atoms with E-state index in [0.29, 0.717) is 50.5 Å². The molecule has 2 fully saturated rings. The highest BCUT2D eigenvalue weighted by Gasteiger charge is 2.37. The van der Waals surface area contributed by atoms with Gasteiger partial charge in [0.2, 0.25) is 5.89 Å². The highest BCUT2D eigenvalue weighted by atomic mass is 19.4. The number of carboxylic acids is 1. The van der Waals surface area contributed by atoms with Crippen LogP contribution in [0.2, 0.25) is 0 Å². The molecule has 8 rings (SSSR count). The normalized spacial score (nSPS) is 18.3. The van der Waals surface area contributed by atoms with Crippen LogP contribution < -0.4 is 10.8 Å². The summed E-state index contributed by atoms with van der Waals surface area (Å²) < 4.78 is 51.2. The average Bonchev–Trinajstić information content (AvgIpc) is 3.94. The zero-order valence-electron chi connectivity index (χ0n) is 31.8. The molecule has 3 N–H and O–H groups in total. The lowest BCUT2D eigenvalue weighted by molar-refractivity contribution is -0.141. The number of benzene rings is 2. The number of halogens is 3. The minimum atomic E-state index is -4.73. The second-order valence-corrected chi connectivity index (χ2v) is 14.9. The van der Waals surface area contributed by atoms with E-state index in [1.807, 2.05) is 61.3 Å². The number of pyridine rings is 3. The van der Waals surface area contributed by atoms with Crippen LogP contribution in [0.15, 0.2) is 76.5 Å². The number of carboxylic acid groups (broad SMARTS) is 1. The number of β-amino-alcohol motifs (C(OH)–C–C–N with tert-alkyl or cyclic N) is 1. The molecule has 4 aromatic heterocycles.